The Kier molecular flexibility index (Phi) is 5.01. The molecule has 1 rings (SSSR count). The smallest absolute Gasteiger partial charge is 0.122 e. The molecule has 0 aliphatic rings. The van der Waals surface area contributed by atoms with Gasteiger partial charge in [-0.05, 0) is 43.4 Å². The molecule has 2 nitrogen and oxygen atoms in total. The molecule has 0 saturated heterocycles. The summed E-state index contributed by atoms with van der Waals surface area (Å²) in [6.45, 7) is 10.6. The van der Waals surface area contributed by atoms with Crippen LogP contribution in [0.2, 0.25) is 0 Å². The molecule has 0 heterocycles. The zero-order chi connectivity index (χ0) is 13.0. The summed E-state index contributed by atoms with van der Waals surface area (Å²) >= 11 is 0. The molecule has 0 aliphatic carbocycles. The second-order valence-corrected chi connectivity index (χ2v) is 5.07. The van der Waals surface area contributed by atoms with Crippen LogP contribution in [0.25, 0.3) is 0 Å². The summed E-state index contributed by atoms with van der Waals surface area (Å²) in [6.07, 6.45) is 0.991. The highest BCUT2D eigenvalue weighted by molar-refractivity contribution is 5.38. The van der Waals surface area contributed by atoms with Crippen LogP contribution >= 0.6 is 0 Å². The first-order chi connectivity index (χ1) is 7.95. The molecule has 0 fully saturated rings. The van der Waals surface area contributed by atoms with Gasteiger partial charge in [-0.25, -0.2) is 0 Å². The first kappa shape index (κ1) is 14.0. The minimum atomic E-state index is 0.0566. The fourth-order valence-corrected chi connectivity index (χ4v) is 1.72. The Labute approximate surface area is 105 Å². The van der Waals surface area contributed by atoms with Crippen molar-refractivity contribution in [2.45, 2.75) is 59.1 Å². The molecule has 0 bridgehead atoms. The summed E-state index contributed by atoms with van der Waals surface area (Å²) in [5, 5.41) is 0. The van der Waals surface area contributed by atoms with Gasteiger partial charge in [-0.2, -0.15) is 0 Å². The van der Waals surface area contributed by atoms with Crippen LogP contribution in [0, 0.1) is 6.92 Å². The summed E-state index contributed by atoms with van der Waals surface area (Å²) in [6, 6.07) is 6.52. The van der Waals surface area contributed by atoms with E-state index in [-0.39, 0.29) is 12.1 Å². The van der Waals surface area contributed by atoms with Crippen molar-refractivity contribution < 1.29 is 4.74 Å². The molecule has 0 aliphatic heterocycles. The first-order valence-corrected chi connectivity index (χ1v) is 6.48. The molecule has 0 saturated carbocycles. The number of aryl methyl sites for hydroxylation is 1. The van der Waals surface area contributed by atoms with Crippen LogP contribution in [0.3, 0.4) is 0 Å². The predicted octanol–water partition coefficient (Wildman–Crippen LogP) is 3.62. The summed E-state index contributed by atoms with van der Waals surface area (Å²) in [4.78, 5) is 0. The van der Waals surface area contributed by atoms with E-state index in [4.69, 9.17) is 10.5 Å². The summed E-state index contributed by atoms with van der Waals surface area (Å²) in [7, 11) is 0. The van der Waals surface area contributed by atoms with Gasteiger partial charge in [-0.3, -0.25) is 0 Å². The van der Waals surface area contributed by atoms with E-state index >= 15 is 0 Å². The third-order valence-electron chi connectivity index (χ3n) is 3.27. The van der Waals surface area contributed by atoms with Crippen LogP contribution in [0.5, 0.6) is 5.75 Å². The zero-order valence-electron chi connectivity index (χ0n) is 11.7. The lowest BCUT2D eigenvalue weighted by atomic mass is 10.0. The van der Waals surface area contributed by atoms with Gasteiger partial charge in [0.15, 0.2) is 0 Å². The number of ether oxygens (including phenoxy) is 1. The third-order valence-corrected chi connectivity index (χ3v) is 3.27. The molecule has 1 aromatic rings. The fourth-order valence-electron chi connectivity index (χ4n) is 1.72. The number of hydrogen-bond donors (Lipinski definition) is 1. The largest absolute Gasteiger partial charge is 0.489 e. The van der Waals surface area contributed by atoms with Gasteiger partial charge in [0, 0.05) is 6.04 Å². The lowest BCUT2D eigenvalue weighted by Crippen LogP contribution is -2.36. The van der Waals surface area contributed by atoms with Crippen LogP contribution in [-0.2, 0) is 0 Å². The summed E-state index contributed by atoms with van der Waals surface area (Å²) < 4.78 is 5.96. The maximum Gasteiger partial charge on any atom is 0.122 e. The molecule has 0 spiro atoms. The van der Waals surface area contributed by atoms with Gasteiger partial charge in [-0.15, -0.1) is 0 Å². The van der Waals surface area contributed by atoms with E-state index in [2.05, 4.69) is 45.9 Å². The molecular weight excluding hydrogens is 210 g/mol. The first-order valence-electron chi connectivity index (χ1n) is 6.48. The molecule has 2 heteroatoms. The van der Waals surface area contributed by atoms with Crippen molar-refractivity contribution in [2.24, 2.45) is 5.73 Å². The second kappa shape index (κ2) is 6.06. The minimum Gasteiger partial charge on any atom is -0.489 e. The van der Waals surface area contributed by atoms with E-state index in [0.29, 0.717) is 5.92 Å². The van der Waals surface area contributed by atoms with Crippen molar-refractivity contribution >= 4 is 0 Å². The lowest BCUT2D eigenvalue weighted by Gasteiger charge is -2.22. The number of nitrogens with two attached hydrogens (primary N) is 1. The Morgan fingerprint density at radius 3 is 2.41 bits per heavy atom. The quantitative estimate of drug-likeness (QED) is 0.846. The normalized spacial score (nSPS) is 14.8. The number of rotatable bonds is 5. The summed E-state index contributed by atoms with van der Waals surface area (Å²) in [5.41, 5.74) is 8.47. The monoisotopic (exact) mass is 235 g/mol. The van der Waals surface area contributed by atoms with Crippen LogP contribution < -0.4 is 10.5 Å². The molecule has 2 unspecified atom stereocenters. The maximum atomic E-state index is 5.99. The lowest BCUT2D eigenvalue weighted by molar-refractivity contribution is 0.186. The van der Waals surface area contributed by atoms with E-state index < -0.39 is 0 Å². The van der Waals surface area contributed by atoms with Crippen molar-refractivity contribution in [1.82, 2.24) is 0 Å². The second-order valence-electron chi connectivity index (χ2n) is 5.07. The van der Waals surface area contributed by atoms with E-state index in [1.165, 1.54) is 11.1 Å². The minimum absolute atomic E-state index is 0.0566. The van der Waals surface area contributed by atoms with Crippen LogP contribution in [-0.4, -0.2) is 12.1 Å². The molecule has 0 radical (unpaired) electrons. The van der Waals surface area contributed by atoms with Crippen LogP contribution in [0.4, 0.5) is 0 Å². The highest BCUT2D eigenvalue weighted by Gasteiger charge is 2.14. The highest BCUT2D eigenvalue weighted by atomic mass is 16.5. The Balaban J connectivity index is 2.86. The fraction of sp³-hybridized carbons (Fsp3) is 0.600. The van der Waals surface area contributed by atoms with Crippen molar-refractivity contribution in [1.29, 1.82) is 0 Å². The average molecular weight is 235 g/mol. The van der Waals surface area contributed by atoms with Crippen molar-refractivity contribution in [3.63, 3.8) is 0 Å². The standard InChI is InChI=1S/C15H25NO/c1-6-14(16)12(5)17-15-9-13(10(2)3)8-7-11(15)4/h7-10,12,14H,6,16H2,1-5H3. The van der Waals surface area contributed by atoms with Gasteiger partial charge in [0.25, 0.3) is 0 Å². The molecule has 0 aromatic heterocycles. The topological polar surface area (TPSA) is 35.2 Å². The molecule has 2 atom stereocenters. The Morgan fingerprint density at radius 2 is 1.88 bits per heavy atom. The van der Waals surface area contributed by atoms with Gasteiger partial charge in [0.2, 0.25) is 0 Å². The molecular formula is C15H25NO. The molecule has 1 aromatic carbocycles. The van der Waals surface area contributed by atoms with E-state index in [0.717, 1.165) is 12.2 Å². The average Bonchev–Trinajstić information content (AvgIpc) is 2.30. The zero-order valence-corrected chi connectivity index (χ0v) is 11.7. The van der Waals surface area contributed by atoms with Gasteiger partial charge >= 0.3 is 0 Å². The van der Waals surface area contributed by atoms with E-state index in [1.54, 1.807) is 0 Å². The van der Waals surface area contributed by atoms with Crippen molar-refractivity contribution in [3.05, 3.63) is 29.3 Å². The van der Waals surface area contributed by atoms with Crippen molar-refractivity contribution in [2.75, 3.05) is 0 Å². The molecule has 2 N–H and O–H groups in total. The maximum absolute atomic E-state index is 5.99. The Bertz CT molecular complexity index is 360. The van der Waals surface area contributed by atoms with Gasteiger partial charge in [0.1, 0.15) is 11.9 Å². The van der Waals surface area contributed by atoms with E-state index in [9.17, 15) is 0 Å². The highest BCUT2D eigenvalue weighted by Crippen LogP contribution is 2.25. The molecule has 96 valence electrons. The molecule has 0 amide bonds. The predicted molar refractivity (Wildman–Crippen MR) is 73.6 cm³/mol. The van der Waals surface area contributed by atoms with Gasteiger partial charge < -0.3 is 10.5 Å². The molecule has 17 heavy (non-hydrogen) atoms. The SMILES string of the molecule is CCC(N)C(C)Oc1cc(C(C)C)ccc1C. The number of hydrogen-bond acceptors (Lipinski definition) is 2. The third kappa shape index (κ3) is 3.74. The van der Waals surface area contributed by atoms with Crippen LogP contribution in [0.1, 0.15) is 51.2 Å². The van der Waals surface area contributed by atoms with Gasteiger partial charge in [-0.1, -0.05) is 32.9 Å². The Hall–Kier alpha value is -1.02. The van der Waals surface area contributed by atoms with Crippen LogP contribution in [0.15, 0.2) is 18.2 Å². The number of benzene rings is 1. The van der Waals surface area contributed by atoms with E-state index in [1.807, 2.05) is 6.92 Å². The summed E-state index contributed by atoms with van der Waals surface area (Å²) in [5.74, 6) is 1.49. The Morgan fingerprint density at radius 1 is 1.24 bits per heavy atom. The van der Waals surface area contributed by atoms with Crippen molar-refractivity contribution in [3.8, 4) is 5.75 Å². The van der Waals surface area contributed by atoms with Gasteiger partial charge in [0.05, 0.1) is 0 Å².